The molecule has 0 atom stereocenters. The molecule has 0 aliphatic carbocycles. The number of hydrogen-bond acceptors (Lipinski definition) is 3. The molecule has 17 heavy (non-hydrogen) atoms. The van der Waals surface area contributed by atoms with Crippen LogP contribution in [0, 0.1) is 6.92 Å². The van der Waals surface area contributed by atoms with Crippen molar-refractivity contribution in [2.24, 2.45) is 0 Å². The Labute approximate surface area is 102 Å². The Morgan fingerprint density at radius 3 is 2.59 bits per heavy atom. The fourth-order valence-corrected chi connectivity index (χ4v) is 1.30. The van der Waals surface area contributed by atoms with Gasteiger partial charge in [0, 0.05) is 11.8 Å². The molecule has 0 aliphatic heterocycles. The molecule has 0 aromatic heterocycles. The first kappa shape index (κ1) is 13.4. The number of ether oxygens (including phenoxy) is 1. The quantitative estimate of drug-likeness (QED) is 0.846. The molecule has 0 fully saturated rings. The summed E-state index contributed by atoms with van der Waals surface area (Å²) < 4.78 is 5.24. The van der Waals surface area contributed by atoms with Gasteiger partial charge in [-0.1, -0.05) is 6.92 Å². The third-order valence-electron chi connectivity index (χ3n) is 2.53. The van der Waals surface area contributed by atoms with Crippen LogP contribution >= 0.6 is 0 Å². The SMILES string of the molecule is CCC(C)(C)OC(=O)Nc1cc(C)cc(O)c1. The Kier molecular flexibility index (Phi) is 3.99. The van der Waals surface area contributed by atoms with Gasteiger partial charge in [-0.2, -0.15) is 0 Å². The second-order valence-corrected chi connectivity index (χ2v) is 4.69. The van der Waals surface area contributed by atoms with Crippen molar-refractivity contribution in [3.8, 4) is 5.75 Å². The molecule has 0 aliphatic rings. The third-order valence-corrected chi connectivity index (χ3v) is 2.53. The molecular weight excluding hydrogens is 218 g/mol. The van der Waals surface area contributed by atoms with E-state index in [4.69, 9.17) is 4.74 Å². The van der Waals surface area contributed by atoms with Crippen molar-refractivity contribution in [3.05, 3.63) is 23.8 Å². The van der Waals surface area contributed by atoms with Gasteiger partial charge in [-0.05, 0) is 44.9 Å². The maximum atomic E-state index is 11.6. The van der Waals surface area contributed by atoms with Crippen LogP contribution in [0.3, 0.4) is 0 Å². The summed E-state index contributed by atoms with van der Waals surface area (Å²) in [5, 5.41) is 12.0. The molecule has 2 N–H and O–H groups in total. The number of aromatic hydroxyl groups is 1. The van der Waals surface area contributed by atoms with Crippen molar-refractivity contribution in [3.63, 3.8) is 0 Å². The van der Waals surface area contributed by atoms with Crippen molar-refractivity contribution in [1.29, 1.82) is 0 Å². The number of phenolic OH excluding ortho intramolecular Hbond substituents is 1. The lowest BCUT2D eigenvalue weighted by Gasteiger charge is -2.23. The number of carbonyl (C=O) groups is 1. The predicted molar refractivity (Wildman–Crippen MR) is 67.3 cm³/mol. The lowest BCUT2D eigenvalue weighted by molar-refractivity contribution is 0.0462. The van der Waals surface area contributed by atoms with Crippen molar-refractivity contribution in [1.82, 2.24) is 0 Å². The Balaban J connectivity index is 2.68. The molecule has 0 heterocycles. The smallest absolute Gasteiger partial charge is 0.412 e. The molecule has 1 aromatic carbocycles. The molecular formula is C13H19NO3. The monoisotopic (exact) mass is 237 g/mol. The summed E-state index contributed by atoms with van der Waals surface area (Å²) in [6, 6.07) is 4.86. The van der Waals surface area contributed by atoms with Crippen LogP contribution in [0.5, 0.6) is 5.75 Å². The van der Waals surface area contributed by atoms with E-state index < -0.39 is 11.7 Å². The minimum absolute atomic E-state index is 0.120. The minimum Gasteiger partial charge on any atom is -0.508 e. The van der Waals surface area contributed by atoms with Gasteiger partial charge >= 0.3 is 6.09 Å². The summed E-state index contributed by atoms with van der Waals surface area (Å²) in [4.78, 5) is 11.6. The van der Waals surface area contributed by atoms with E-state index in [1.807, 2.05) is 27.7 Å². The molecule has 4 heteroatoms. The maximum absolute atomic E-state index is 11.6. The molecule has 0 saturated carbocycles. The number of aryl methyl sites for hydroxylation is 1. The van der Waals surface area contributed by atoms with E-state index in [9.17, 15) is 9.90 Å². The Morgan fingerprint density at radius 2 is 2.06 bits per heavy atom. The Bertz CT molecular complexity index is 393. The van der Waals surface area contributed by atoms with Gasteiger partial charge in [-0.15, -0.1) is 0 Å². The highest BCUT2D eigenvalue weighted by molar-refractivity contribution is 5.85. The second-order valence-electron chi connectivity index (χ2n) is 4.69. The molecule has 1 rings (SSSR count). The summed E-state index contributed by atoms with van der Waals surface area (Å²) in [5.74, 6) is 0.120. The van der Waals surface area contributed by atoms with Crippen molar-refractivity contribution in [2.45, 2.75) is 39.7 Å². The fourth-order valence-electron chi connectivity index (χ4n) is 1.30. The van der Waals surface area contributed by atoms with Gasteiger partial charge in [0.1, 0.15) is 11.4 Å². The highest BCUT2D eigenvalue weighted by Gasteiger charge is 2.20. The number of anilines is 1. The Hall–Kier alpha value is -1.71. The summed E-state index contributed by atoms with van der Waals surface area (Å²) >= 11 is 0. The molecule has 1 aromatic rings. The van der Waals surface area contributed by atoms with Crippen LogP contribution in [0.25, 0.3) is 0 Å². The van der Waals surface area contributed by atoms with Crippen LogP contribution < -0.4 is 5.32 Å². The first-order valence-corrected chi connectivity index (χ1v) is 5.63. The van der Waals surface area contributed by atoms with Crippen LogP contribution in [0.15, 0.2) is 18.2 Å². The van der Waals surface area contributed by atoms with Crippen molar-refractivity contribution < 1.29 is 14.6 Å². The van der Waals surface area contributed by atoms with Gasteiger partial charge in [0.15, 0.2) is 0 Å². The summed E-state index contributed by atoms with van der Waals surface area (Å²) in [6.45, 7) is 7.48. The number of phenols is 1. The van der Waals surface area contributed by atoms with E-state index in [1.165, 1.54) is 6.07 Å². The first-order valence-electron chi connectivity index (χ1n) is 5.63. The topological polar surface area (TPSA) is 58.6 Å². The number of hydrogen-bond donors (Lipinski definition) is 2. The largest absolute Gasteiger partial charge is 0.508 e. The highest BCUT2D eigenvalue weighted by Crippen LogP contribution is 2.20. The molecule has 0 saturated heterocycles. The summed E-state index contributed by atoms with van der Waals surface area (Å²) in [5.41, 5.74) is 0.908. The van der Waals surface area contributed by atoms with E-state index in [-0.39, 0.29) is 5.75 Å². The minimum atomic E-state index is -0.512. The van der Waals surface area contributed by atoms with E-state index >= 15 is 0 Å². The van der Waals surface area contributed by atoms with Gasteiger partial charge in [-0.3, -0.25) is 5.32 Å². The van der Waals surface area contributed by atoms with E-state index in [0.717, 1.165) is 12.0 Å². The Morgan fingerprint density at radius 1 is 1.41 bits per heavy atom. The number of nitrogens with one attached hydrogen (secondary N) is 1. The van der Waals surface area contributed by atoms with Crippen LogP contribution in [-0.4, -0.2) is 16.8 Å². The van der Waals surface area contributed by atoms with Gasteiger partial charge < -0.3 is 9.84 Å². The van der Waals surface area contributed by atoms with E-state index in [2.05, 4.69) is 5.32 Å². The molecule has 0 bridgehead atoms. The average Bonchev–Trinajstić information content (AvgIpc) is 2.14. The fraction of sp³-hybridized carbons (Fsp3) is 0.462. The highest BCUT2D eigenvalue weighted by atomic mass is 16.6. The van der Waals surface area contributed by atoms with Crippen LogP contribution in [0.2, 0.25) is 0 Å². The normalized spacial score (nSPS) is 11.1. The molecule has 1 amide bonds. The van der Waals surface area contributed by atoms with Crippen molar-refractivity contribution in [2.75, 3.05) is 5.32 Å². The van der Waals surface area contributed by atoms with Gasteiger partial charge in [-0.25, -0.2) is 4.79 Å². The van der Waals surface area contributed by atoms with Crippen molar-refractivity contribution >= 4 is 11.8 Å². The van der Waals surface area contributed by atoms with Crippen LogP contribution in [0.4, 0.5) is 10.5 Å². The van der Waals surface area contributed by atoms with Crippen LogP contribution in [-0.2, 0) is 4.74 Å². The molecule has 0 unspecified atom stereocenters. The predicted octanol–water partition coefficient (Wildman–Crippen LogP) is 3.44. The maximum Gasteiger partial charge on any atom is 0.412 e. The zero-order valence-electron chi connectivity index (χ0n) is 10.7. The number of rotatable bonds is 3. The second kappa shape index (κ2) is 5.08. The van der Waals surface area contributed by atoms with Gasteiger partial charge in [0.2, 0.25) is 0 Å². The standard InChI is InChI=1S/C13H19NO3/c1-5-13(3,4)17-12(16)14-10-6-9(2)7-11(15)8-10/h6-8,15H,5H2,1-4H3,(H,14,16). The molecule has 0 radical (unpaired) electrons. The van der Waals surface area contributed by atoms with Gasteiger partial charge in [0.05, 0.1) is 0 Å². The number of benzene rings is 1. The average molecular weight is 237 g/mol. The van der Waals surface area contributed by atoms with Gasteiger partial charge in [0.25, 0.3) is 0 Å². The number of amides is 1. The molecule has 4 nitrogen and oxygen atoms in total. The lowest BCUT2D eigenvalue weighted by atomic mass is 10.1. The molecule has 94 valence electrons. The molecule has 0 spiro atoms. The third kappa shape index (κ3) is 4.34. The summed E-state index contributed by atoms with van der Waals surface area (Å²) in [7, 11) is 0. The lowest BCUT2D eigenvalue weighted by Crippen LogP contribution is -2.29. The first-order chi connectivity index (χ1) is 7.82. The zero-order valence-corrected chi connectivity index (χ0v) is 10.7. The van der Waals surface area contributed by atoms with Crippen LogP contribution in [0.1, 0.15) is 32.8 Å². The number of carbonyl (C=O) groups excluding carboxylic acids is 1. The van der Waals surface area contributed by atoms with E-state index in [1.54, 1.807) is 12.1 Å². The summed E-state index contributed by atoms with van der Waals surface area (Å²) in [6.07, 6.45) is 0.223. The van der Waals surface area contributed by atoms with E-state index in [0.29, 0.717) is 5.69 Å². The zero-order chi connectivity index (χ0) is 13.1.